The van der Waals surface area contributed by atoms with E-state index in [1.54, 1.807) is 25.3 Å². The molecule has 0 saturated carbocycles. The van der Waals surface area contributed by atoms with Crippen LogP contribution in [0.2, 0.25) is 10.0 Å². The standard InChI is InChI=1S/C25H27Cl2N7O2/c1-32-15-34(22-19(26)4-3-5-20(22)27)24(35)18-13-29-25(31-23(18)32)30-17-6-7-21(16(12-17)14-36-2)33-10-8-28-9-11-33/h3-7,12-13,28H,8-11,14-15H2,1-2H3,(H,29,30,31). The van der Waals surface area contributed by atoms with Gasteiger partial charge in [-0.3, -0.25) is 9.69 Å². The maximum Gasteiger partial charge on any atom is 0.265 e. The number of nitrogens with one attached hydrogen (secondary N) is 2. The summed E-state index contributed by atoms with van der Waals surface area (Å²) in [6.45, 7) is 4.58. The molecule has 11 heteroatoms. The molecular weight excluding hydrogens is 501 g/mol. The molecule has 188 valence electrons. The predicted molar refractivity (Wildman–Crippen MR) is 144 cm³/mol. The summed E-state index contributed by atoms with van der Waals surface area (Å²) in [7, 11) is 3.55. The lowest BCUT2D eigenvalue weighted by atomic mass is 10.1. The van der Waals surface area contributed by atoms with Crippen molar-refractivity contribution < 1.29 is 9.53 Å². The first-order chi connectivity index (χ1) is 17.5. The summed E-state index contributed by atoms with van der Waals surface area (Å²) in [4.78, 5) is 28.1. The minimum absolute atomic E-state index is 0.253. The summed E-state index contributed by atoms with van der Waals surface area (Å²) in [6.07, 6.45) is 1.53. The number of carbonyl (C=O) groups is 1. The number of rotatable bonds is 6. The average Bonchev–Trinajstić information content (AvgIpc) is 2.88. The number of piperazine rings is 1. The van der Waals surface area contributed by atoms with Crippen LogP contribution in [-0.2, 0) is 11.3 Å². The molecule has 3 heterocycles. The molecule has 1 amide bonds. The monoisotopic (exact) mass is 527 g/mol. The minimum Gasteiger partial charge on any atom is -0.380 e. The van der Waals surface area contributed by atoms with E-state index in [2.05, 4.69) is 37.6 Å². The van der Waals surface area contributed by atoms with E-state index in [1.807, 2.05) is 18.0 Å². The van der Waals surface area contributed by atoms with Crippen molar-refractivity contribution in [2.45, 2.75) is 6.61 Å². The average molecular weight is 528 g/mol. The van der Waals surface area contributed by atoms with Gasteiger partial charge in [0.25, 0.3) is 5.91 Å². The molecule has 0 aliphatic carbocycles. The number of benzene rings is 2. The highest BCUT2D eigenvalue weighted by Crippen LogP contribution is 2.37. The van der Waals surface area contributed by atoms with Gasteiger partial charge in [-0.1, -0.05) is 29.3 Å². The Kier molecular flexibility index (Phi) is 7.15. The topological polar surface area (TPSA) is 85.9 Å². The van der Waals surface area contributed by atoms with E-state index in [0.717, 1.165) is 37.4 Å². The first-order valence-electron chi connectivity index (χ1n) is 11.6. The molecule has 0 radical (unpaired) electrons. The zero-order valence-corrected chi connectivity index (χ0v) is 21.6. The quantitative estimate of drug-likeness (QED) is 0.494. The Balaban J connectivity index is 1.40. The van der Waals surface area contributed by atoms with Gasteiger partial charge in [-0.25, -0.2) is 4.98 Å². The fourth-order valence-electron chi connectivity index (χ4n) is 4.56. The number of aromatic nitrogens is 2. The van der Waals surface area contributed by atoms with Crippen LogP contribution in [0.1, 0.15) is 15.9 Å². The van der Waals surface area contributed by atoms with E-state index in [-0.39, 0.29) is 12.6 Å². The van der Waals surface area contributed by atoms with Gasteiger partial charge < -0.3 is 25.2 Å². The predicted octanol–water partition coefficient (Wildman–Crippen LogP) is 4.14. The SMILES string of the molecule is COCc1cc(Nc2ncc3c(n2)N(C)CN(c2c(Cl)cccc2Cl)C3=O)ccc1N1CCNCC1. The van der Waals surface area contributed by atoms with Crippen LogP contribution in [0.3, 0.4) is 0 Å². The van der Waals surface area contributed by atoms with E-state index < -0.39 is 0 Å². The second kappa shape index (κ2) is 10.5. The van der Waals surface area contributed by atoms with Crippen molar-refractivity contribution >= 4 is 57.9 Å². The highest BCUT2D eigenvalue weighted by atomic mass is 35.5. The van der Waals surface area contributed by atoms with Gasteiger partial charge in [0.15, 0.2) is 0 Å². The van der Waals surface area contributed by atoms with Gasteiger partial charge in [0.05, 0.1) is 29.0 Å². The largest absolute Gasteiger partial charge is 0.380 e. The van der Waals surface area contributed by atoms with E-state index in [9.17, 15) is 4.79 Å². The number of carbonyl (C=O) groups excluding carboxylic acids is 1. The van der Waals surface area contributed by atoms with Crippen molar-refractivity contribution in [1.29, 1.82) is 0 Å². The van der Waals surface area contributed by atoms with Gasteiger partial charge in [0, 0.05) is 63.5 Å². The third-order valence-corrected chi connectivity index (χ3v) is 6.87. The van der Waals surface area contributed by atoms with Crippen LogP contribution in [0.25, 0.3) is 0 Å². The molecule has 2 aliphatic rings. The van der Waals surface area contributed by atoms with Crippen molar-refractivity contribution in [2.24, 2.45) is 0 Å². The van der Waals surface area contributed by atoms with E-state index in [1.165, 1.54) is 16.8 Å². The Morgan fingerprint density at radius 1 is 1.14 bits per heavy atom. The first-order valence-corrected chi connectivity index (χ1v) is 12.4. The summed E-state index contributed by atoms with van der Waals surface area (Å²) in [5.41, 5.74) is 3.94. The number of para-hydroxylation sites is 1. The maximum atomic E-state index is 13.3. The molecule has 1 fully saturated rings. The van der Waals surface area contributed by atoms with Crippen molar-refractivity contribution in [3.05, 3.63) is 63.8 Å². The van der Waals surface area contributed by atoms with Crippen molar-refractivity contribution in [2.75, 3.05) is 67.0 Å². The Morgan fingerprint density at radius 2 is 1.89 bits per heavy atom. The zero-order chi connectivity index (χ0) is 25.2. The van der Waals surface area contributed by atoms with Gasteiger partial charge in [-0.2, -0.15) is 4.98 Å². The summed E-state index contributed by atoms with van der Waals surface area (Å²) in [5.74, 6) is 0.676. The summed E-state index contributed by atoms with van der Waals surface area (Å²) in [5, 5.41) is 7.47. The maximum absolute atomic E-state index is 13.3. The van der Waals surface area contributed by atoms with Crippen LogP contribution in [-0.4, -0.2) is 62.9 Å². The fraction of sp³-hybridized carbons (Fsp3) is 0.320. The molecule has 1 aromatic heterocycles. The number of anilines is 5. The van der Waals surface area contributed by atoms with Crippen LogP contribution < -0.4 is 25.3 Å². The van der Waals surface area contributed by atoms with Crippen LogP contribution in [0.5, 0.6) is 0 Å². The van der Waals surface area contributed by atoms with Crippen LogP contribution in [0, 0.1) is 0 Å². The fourth-order valence-corrected chi connectivity index (χ4v) is 5.16. The number of methoxy groups -OCH3 is 1. The molecule has 0 bridgehead atoms. The van der Waals surface area contributed by atoms with E-state index >= 15 is 0 Å². The number of halogens is 2. The van der Waals surface area contributed by atoms with Gasteiger partial charge in [-0.05, 0) is 30.3 Å². The number of fused-ring (bicyclic) bond motifs is 1. The van der Waals surface area contributed by atoms with E-state index in [0.29, 0.717) is 39.7 Å². The van der Waals surface area contributed by atoms with Crippen molar-refractivity contribution in [1.82, 2.24) is 15.3 Å². The number of ether oxygens (including phenoxy) is 1. The molecule has 2 N–H and O–H groups in total. The third-order valence-electron chi connectivity index (χ3n) is 6.26. The molecule has 0 atom stereocenters. The molecule has 2 aliphatic heterocycles. The van der Waals surface area contributed by atoms with Crippen molar-refractivity contribution in [3.8, 4) is 0 Å². The Labute approximate surface area is 220 Å². The Hall–Kier alpha value is -3.11. The van der Waals surface area contributed by atoms with Crippen LogP contribution in [0.4, 0.5) is 28.8 Å². The molecule has 5 rings (SSSR count). The van der Waals surface area contributed by atoms with Crippen molar-refractivity contribution in [3.63, 3.8) is 0 Å². The third kappa shape index (κ3) is 4.79. The second-order valence-corrected chi connectivity index (χ2v) is 9.53. The van der Waals surface area contributed by atoms with Crippen LogP contribution in [0.15, 0.2) is 42.6 Å². The Morgan fingerprint density at radius 3 is 2.61 bits per heavy atom. The molecule has 3 aromatic rings. The lowest BCUT2D eigenvalue weighted by Crippen LogP contribution is -2.46. The number of amides is 1. The molecule has 9 nitrogen and oxygen atoms in total. The molecular formula is C25H27Cl2N7O2. The van der Waals surface area contributed by atoms with Gasteiger partial charge in [0.1, 0.15) is 11.4 Å². The number of hydrogen-bond acceptors (Lipinski definition) is 8. The molecule has 2 aromatic carbocycles. The van der Waals surface area contributed by atoms with E-state index in [4.69, 9.17) is 27.9 Å². The normalized spacial score (nSPS) is 15.8. The van der Waals surface area contributed by atoms with Crippen LogP contribution >= 0.6 is 23.2 Å². The molecule has 0 unspecified atom stereocenters. The molecule has 36 heavy (non-hydrogen) atoms. The first kappa shape index (κ1) is 24.6. The number of nitrogens with zero attached hydrogens (tertiary/aromatic N) is 5. The highest BCUT2D eigenvalue weighted by Gasteiger charge is 2.32. The summed E-state index contributed by atoms with van der Waals surface area (Å²) in [6, 6.07) is 11.3. The van der Waals surface area contributed by atoms with Gasteiger partial charge in [-0.15, -0.1) is 0 Å². The zero-order valence-electron chi connectivity index (χ0n) is 20.1. The molecule has 1 saturated heterocycles. The lowest BCUT2D eigenvalue weighted by Gasteiger charge is -2.35. The van der Waals surface area contributed by atoms with Gasteiger partial charge in [0.2, 0.25) is 5.95 Å². The minimum atomic E-state index is -0.257. The lowest BCUT2D eigenvalue weighted by molar-refractivity contribution is 0.0982. The highest BCUT2D eigenvalue weighted by molar-refractivity contribution is 6.40. The van der Waals surface area contributed by atoms with Gasteiger partial charge >= 0.3 is 0 Å². The summed E-state index contributed by atoms with van der Waals surface area (Å²) < 4.78 is 5.46. The Bertz CT molecular complexity index is 1260. The number of hydrogen-bond donors (Lipinski definition) is 2. The second-order valence-electron chi connectivity index (χ2n) is 8.71. The smallest absolute Gasteiger partial charge is 0.265 e. The molecule has 0 spiro atoms. The summed E-state index contributed by atoms with van der Waals surface area (Å²) >= 11 is 12.7.